The molecule has 1 atom stereocenters. The molecule has 0 aromatic heterocycles. The molecule has 0 spiro atoms. The zero-order valence-electron chi connectivity index (χ0n) is 11.3. The number of hydrogen-bond donors (Lipinski definition) is 1. The smallest absolute Gasteiger partial charge is 0.227 e. The number of nitrogens with zero attached hydrogens (tertiary/aromatic N) is 1. The van der Waals surface area contributed by atoms with Gasteiger partial charge in [0.05, 0.1) is 39.4 Å². The SMILES string of the molecule is COc1ccc(Cl)cc1CC(=O)N1CCOCC1CO. The van der Waals surface area contributed by atoms with Gasteiger partial charge >= 0.3 is 0 Å². The molecular formula is C14H18ClNO4. The van der Waals surface area contributed by atoms with Crippen LogP contribution in [0, 0.1) is 0 Å². The summed E-state index contributed by atoms with van der Waals surface area (Å²) in [4.78, 5) is 14.0. The normalized spacial score (nSPS) is 18.9. The maximum absolute atomic E-state index is 12.4. The molecule has 0 saturated carbocycles. The Kier molecular flexibility index (Phi) is 5.23. The van der Waals surface area contributed by atoms with Gasteiger partial charge in [-0.2, -0.15) is 0 Å². The molecular weight excluding hydrogens is 282 g/mol. The summed E-state index contributed by atoms with van der Waals surface area (Å²) in [6.45, 7) is 1.26. The molecule has 1 fully saturated rings. The van der Waals surface area contributed by atoms with Crippen LogP contribution in [0.5, 0.6) is 5.75 Å². The van der Waals surface area contributed by atoms with Gasteiger partial charge in [0.15, 0.2) is 0 Å². The molecule has 1 heterocycles. The van der Waals surface area contributed by atoms with Gasteiger partial charge in [0, 0.05) is 17.1 Å². The van der Waals surface area contributed by atoms with Crippen molar-refractivity contribution in [2.75, 3.05) is 33.5 Å². The van der Waals surface area contributed by atoms with Crippen LogP contribution in [0.2, 0.25) is 5.02 Å². The highest BCUT2D eigenvalue weighted by Gasteiger charge is 2.27. The van der Waals surface area contributed by atoms with E-state index < -0.39 is 0 Å². The Labute approximate surface area is 123 Å². The number of benzene rings is 1. The topological polar surface area (TPSA) is 59.0 Å². The van der Waals surface area contributed by atoms with Crippen molar-refractivity contribution in [3.05, 3.63) is 28.8 Å². The van der Waals surface area contributed by atoms with Crippen molar-refractivity contribution < 1.29 is 19.4 Å². The van der Waals surface area contributed by atoms with Gasteiger partial charge in [0.25, 0.3) is 0 Å². The van der Waals surface area contributed by atoms with Crippen LogP contribution in [-0.4, -0.2) is 55.4 Å². The number of aliphatic hydroxyl groups excluding tert-OH is 1. The van der Waals surface area contributed by atoms with Gasteiger partial charge in [0.1, 0.15) is 5.75 Å². The highest BCUT2D eigenvalue weighted by Crippen LogP contribution is 2.24. The van der Waals surface area contributed by atoms with Crippen LogP contribution in [0.1, 0.15) is 5.56 Å². The van der Waals surface area contributed by atoms with Gasteiger partial charge in [-0.05, 0) is 18.2 Å². The molecule has 2 rings (SSSR count). The molecule has 0 aliphatic carbocycles. The Hall–Kier alpha value is -1.30. The van der Waals surface area contributed by atoms with Gasteiger partial charge in [0.2, 0.25) is 5.91 Å². The van der Waals surface area contributed by atoms with Gasteiger partial charge in [-0.3, -0.25) is 4.79 Å². The lowest BCUT2D eigenvalue weighted by molar-refractivity contribution is -0.140. The van der Waals surface area contributed by atoms with Crippen molar-refractivity contribution in [3.8, 4) is 5.75 Å². The van der Waals surface area contributed by atoms with Crippen molar-refractivity contribution >= 4 is 17.5 Å². The summed E-state index contributed by atoms with van der Waals surface area (Å²) in [5.74, 6) is 0.574. The zero-order chi connectivity index (χ0) is 14.5. The third kappa shape index (κ3) is 3.42. The molecule has 1 saturated heterocycles. The summed E-state index contributed by atoms with van der Waals surface area (Å²) in [6, 6.07) is 4.92. The van der Waals surface area contributed by atoms with Crippen LogP contribution < -0.4 is 4.74 Å². The molecule has 1 aliphatic rings. The number of morpholine rings is 1. The largest absolute Gasteiger partial charge is 0.496 e. The van der Waals surface area contributed by atoms with Crippen molar-refractivity contribution in [2.24, 2.45) is 0 Å². The fourth-order valence-corrected chi connectivity index (χ4v) is 2.48. The Morgan fingerprint density at radius 3 is 3.10 bits per heavy atom. The lowest BCUT2D eigenvalue weighted by atomic mass is 10.1. The van der Waals surface area contributed by atoms with Crippen molar-refractivity contribution in [1.29, 1.82) is 0 Å². The monoisotopic (exact) mass is 299 g/mol. The van der Waals surface area contributed by atoms with E-state index in [2.05, 4.69) is 0 Å². The summed E-state index contributed by atoms with van der Waals surface area (Å²) in [5.41, 5.74) is 0.744. The summed E-state index contributed by atoms with van der Waals surface area (Å²) in [7, 11) is 1.56. The van der Waals surface area contributed by atoms with Crippen LogP contribution in [-0.2, 0) is 16.0 Å². The van der Waals surface area contributed by atoms with Crippen LogP contribution in [0.3, 0.4) is 0 Å². The molecule has 1 amide bonds. The van der Waals surface area contributed by atoms with E-state index in [0.29, 0.717) is 30.5 Å². The van der Waals surface area contributed by atoms with E-state index in [-0.39, 0.29) is 25.0 Å². The van der Waals surface area contributed by atoms with Gasteiger partial charge in [-0.1, -0.05) is 11.6 Å². The average molecular weight is 300 g/mol. The molecule has 1 N–H and O–H groups in total. The maximum Gasteiger partial charge on any atom is 0.227 e. The molecule has 110 valence electrons. The second-order valence-electron chi connectivity index (χ2n) is 4.63. The number of carbonyl (C=O) groups is 1. The number of ether oxygens (including phenoxy) is 2. The molecule has 1 aliphatic heterocycles. The fourth-order valence-electron chi connectivity index (χ4n) is 2.28. The molecule has 0 radical (unpaired) electrons. The molecule has 1 aromatic rings. The highest BCUT2D eigenvalue weighted by molar-refractivity contribution is 6.30. The zero-order valence-corrected chi connectivity index (χ0v) is 12.1. The number of hydrogen-bond acceptors (Lipinski definition) is 4. The van der Waals surface area contributed by atoms with E-state index in [9.17, 15) is 9.90 Å². The number of aliphatic hydroxyl groups is 1. The summed E-state index contributed by atoms with van der Waals surface area (Å²) >= 11 is 5.96. The first kappa shape index (κ1) is 15.1. The lowest BCUT2D eigenvalue weighted by Crippen LogP contribution is -2.51. The van der Waals surface area contributed by atoms with Gasteiger partial charge in [-0.25, -0.2) is 0 Å². The molecule has 1 unspecified atom stereocenters. The van der Waals surface area contributed by atoms with Crippen LogP contribution in [0.25, 0.3) is 0 Å². The van der Waals surface area contributed by atoms with Crippen LogP contribution in [0.15, 0.2) is 18.2 Å². The highest BCUT2D eigenvalue weighted by atomic mass is 35.5. The molecule has 6 heteroatoms. The Morgan fingerprint density at radius 2 is 2.40 bits per heavy atom. The summed E-state index contributed by atoms with van der Waals surface area (Å²) in [5, 5.41) is 9.87. The first-order chi connectivity index (χ1) is 9.65. The number of halogens is 1. The predicted octanol–water partition coefficient (Wildman–Crippen LogP) is 1.11. The maximum atomic E-state index is 12.4. The molecule has 0 bridgehead atoms. The van der Waals surface area contributed by atoms with E-state index in [0.717, 1.165) is 5.56 Å². The summed E-state index contributed by atoms with van der Waals surface area (Å²) in [6.07, 6.45) is 0.195. The Bertz CT molecular complexity index is 480. The van der Waals surface area contributed by atoms with Crippen molar-refractivity contribution in [1.82, 2.24) is 4.90 Å². The molecule has 20 heavy (non-hydrogen) atoms. The first-order valence-corrected chi connectivity index (χ1v) is 6.84. The van der Waals surface area contributed by atoms with Gasteiger partial charge < -0.3 is 19.5 Å². The van der Waals surface area contributed by atoms with Crippen LogP contribution in [0.4, 0.5) is 0 Å². The third-order valence-electron chi connectivity index (χ3n) is 3.34. The minimum absolute atomic E-state index is 0.0621. The summed E-state index contributed by atoms with van der Waals surface area (Å²) < 4.78 is 10.5. The molecule has 5 nitrogen and oxygen atoms in total. The van der Waals surface area contributed by atoms with E-state index >= 15 is 0 Å². The third-order valence-corrected chi connectivity index (χ3v) is 3.58. The minimum Gasteiger partial charge on any atom is -0.496 e. The second kappa shape index (κ2) is 6.92. The fraction of sp³-hybridized carbons (Fsp3) is 0.500. The van der Waals surface area contributed by atoms with Crippen molar-refractivity contribution in [3.63, 3.8) is 0 Å². The van der Waals surface area contributed by atoms with E-state index in [1.165, 1.54) is 0 Å². The lowest BCUT2D eigenvalue weighted by Gasteiger charge is -2.34. The first-order valence-electron chi connectivity index (χ1n) is 6.46. The number of rotatable bonds is 4. The second-order valence-corrected chi connectivity index (χ2v) is 5.07. The quantitative estimate of drug-likeness (QED) is 0.905. The van der Waals surface area contributed by atoms with Crippen LogP contribution >= 0.6 is 11.6 Å². The number of methoxy groups -OCH3 is 1. The number of carbonyl (C=O) groups excluding carboxylic acids is 1. The Balaban J connectivity index is 2.12. The van der Waals surface area contributed by atoms with E-state index in [1.807, 2.05) is 0 Å². The predicted molar refractivity (Wildman–Crippen MR) is 75.1 cm³/mol. The van der Waals surface area contributed by atoms with Gasteiger partial charge in [-0.15, -0.1) is 0 Å². The standard InChI is InChI=1S/C14H18ClNO4/c1-19-13-3-2-11(15)6-10(13)7-14(18)16-4-5-20-9-12(16)8-17/h2-3,6,12,17H,4-5,7-9H2,1H3. The van der Waals surface area contributed by atoms with E-state index in [1.54, 1.807) is 30.2 Å². The van der Waals surface area contributed by atoms with E-state index in [4.69, 9.17) is 21.1 Å². The van der Waals surface area contributed by atoms with Crippen molar-refractivity contribution in [2.45, 2.75) is 12.5 Å². The average Bonchev–Trinajstić information content (AvgIpc) is 2.47. The number of amides is 1. The molecule has 1 aromatic carbocycles. The Morgan fingerprint density at radius 1 is 1.60 bits per heavy atom. The minimum atomic E-state index is -0.276.